The zero-order valence-electron chi connectivity index (χ0n) is 18.8. The number of aromatic nitrogens is 2. The molecule has 3 aromatic carbocycles. The second-order valence-corrected chi connectivity index (χ2v) is 11.8. The highest BCUT2D eigenvalue weighted by atomic mass is 35.5. The van der Waals surface area contributed by atoms with Crippen LogP contribution in [0.4, 0.5) is 8.78 Å². The number of imidazole rings is 1. The quantitative estimate of drug-likeness (QED) is 0.334. The van der Waals surface area contributed by atoms with E-state index in [1.165, 1.54) is 12.1 Å². The van der Waals surface area contributed by atoms with Crippen molar-refractivity contribution in [1.29, 1.82) is 0 Å². The third kappa shape index (κ3) is 3.95. The number of benzene rings is 3. The van der Waals surface area contributed by atoms with E-state index in [0.717, 1.165) is 11.1 Å². The number of halogens is 3. The standard InChI is InChI=1S/C26H21ClF2N2O4S/c27-16-4-10-24(35-26(28)29)19(12-16)21-13-23(32)25-30-20-9-3-15(11-22(20)31(21)25)14-1-5-17(6-2-14)36(33,34)18-7-8-18/h1-6,9-12,18,21,23,26,32H,7-8,13H2/t21-,23-/m1/s1. The third-order valence-electron chi connectivity index (χ3n) is 6.80. The molecule has 0 saturated heterocycles. The van der Waals surface area contributed by atoms with Crippen molar-refractivity contribution in [2.45, 2.75) is 48.2 Å². The van der Waals surface area contributed by atoms with Gasteiger partial charge in [0.2, 0.25) is 0 Å². The summed E-state index contributed by atoms with van der Waals surface area (Å²) < 4.78 is 57.8. The average molecular weight is 531 g/mol. The number of ether oxygens (including phenoxy) is 1. The zero-order chi connectivity index (χ0) is 25.2. The van der Waals surface area contributed by atoms with Crippen LogP contribution in [0, 0.1) is 0 Å². The van der Waals surface area contributed by atoms with Gasteiger partial charge in [-0.25, -0.2) is 13.4 Å². The minimum Gasteiger partial charge on any atom is -0.434 e. The molecule has 4 aromatic rings. The molecule has 10 heteroatoms. The van der Waals surface area contributed by atoms with Crippen LogP contribution in [0.15, 0.2) is 65.6 Å². The molecule has 36 heavy (non-hydrogen) atoms. The number of hydrogen-bond acceptors (Lipinski definition) is 5. The predicted octanol–water partition coefficient (Wildman–Crippen LogP) is 5.92. The predicted molar refractivity (Wildman–Crippen MR) is 131 cm³/mol. The van der Waals surface area contributed by atoms with Gasteiger partial charge in [-0.1, -0.05) is 29.8 Å². The van der Waals surface area contributed by atoms with E-state index in [1.807, 2.05) is 22.8 Å². The summed E-state index contributed by atoms with van der Waals surface area (Å²) in [7, 11) is -3.28. The molecule has 6 nitrogen and oxygen atoms in total. The largest absolute Gasteiger partial charge is 0.434 e. The maximum Gasteiger partial charge on any atom is 0.387 e. The van der Waals surface area contributed by atoms with Crippen molar-refractivity contribution in [2.75, 3.05) is 0 Å². The van der Waals surface area contributed by atoms with E-state index in [0.29, 0.717) is 45.2 Å². The van der Waals surface area contributed by atoms with Gasteiger partial charge < -0.3 is 14.4 Å². The van der Waals surface area contributed by atoms with E-state index in [1.54, 1.807) is 30.3 Å². The van der Waals surface area contributed by atoms with Gasteiger partial charge in [-0.15, -0.1) is 0 Å². The highest BCUT2D eigenvalue weighted by Crippen LogP contribution is 2.45. The van der Waals surface area contributed by atoms with Crippen LogP contribution in [0.5, 0.6) is 5.75 Å². The van der Waals surface area contributed by atoms with Crippen LogP contribution >= 0.6 is 11.6 Å². The number of alkyl halides is 2. The average Bonchev–Trinajstić information content (AvgIpc) is 3.58. The van der Waals surface area contributed by atoms with Gasteiger partial charge in [0.05, 0.1) is 27.2 Å². The van der Waals surface area contributed by atoms with Gasteiger partial charge in [-0.2, -0.15) is 8.78 Å². The van der Waals surface area contributed by atoms with Crippen molar-refractivity contribution in [1.82, 2.24) is 9.55 Å². The van der Waals surface area contributed by atoms with E-state index >= 15 is 0 Å². The minimum atomic E-state index is -3.28. The number of aliphatic hydroxyl groups excluding tert-OH is 1. The molecule has 1 aliphatic carbocycles. The summed E-state index contributed by atoms with van der Waals surface area (Å²) in [5.41, 5.74) is 3.43. The number of sulfone groups is 1. The van der Waals surface area contributed by atoms with E-state index in [9.17, 15) is 22.3 Å². The molecule has 1 aliphatic heterocycles. The highest BCUT2D eigenvalue weighted by molar-refractivity contribution is 7.92. The van der Waals surface area contributed by atoms with Gasteiger partial charge in [0.15, 0.2) is 9.84 Å². The Hall–Kier alpha value is -3.01. The molecule has 1 N–H and O–H groups in total. The normalized spacial score (nSPS) is 19.7. The highest BCUT2D eigenvalue weighted by Gasteiger charge is 2.37. The Bertz CT molecular complexity index is 1580. The second-order valence-electron chi connectivity index (χ2n) is 9.14. The number of fused-ring (bicyclic) bond motifs is 3. The van der Waals surface area contributed by atoms with Crippen molar-refractivity contribution < 1.29 is 27.0 Å². The molecule has 2 atom stereocenters. The van der Waals surface area contributed by atoms with Crippen LogP contribution in [0.3, 0.4) is 0 Å². The van der Waals surface area contributed by atoms with Crippen LogP contribution in [0.2, 0.25) is 5.02 Å². The summed E-state index contributed by atoms with van der Waals surface area (Å²) in [5, 5.41) is 10.8. The fourth-order valence-corrected chi connectivity index (χ4v) is 6.77. The maximum absolute atomic E-state index is 13.1. The molecular weight excluding hydrogens is 510 g/mol. The molecule has 0 unspecified atom stereocenters. The molecular formula is C26H21ClF2N2O4S. The fraction of sp³-hybridized carbons (Fsp3) is 0.269. The Kier molecular flexibility index (Phi) is 5.55. The van der Waals surface area contributed by atoms with Crippen molar-refractivity contribution in [3.05, 3.63) is 77.1 Å². The summed E-state index contributed by atoms with van der Waals surface area (Å²) in [5.74, 6) is 0.422. The van der Waals surface area contributed by atoms with Gasteiger partial charge in [0, 0.05) is 17.0 Å². The number of aliphatic hydroxyl groups is 1. The number of nitrogens with zero attached hydrogens (tertiary/aromatic N) is 2. The van der Waals surface area contributed by atoms with Gasteiger partial charge >= 0.3 is 6.61 Å². The van der Waals surface area contributed by atoms with E-state index in [-0.39, 0.29) is 17.4 Å². The van der Waals surface area contributed by atoms with E-state index in [4.69, 9.17) is 16.3 Å². The summed E-state index contributed by atoms with van der Waals surface area (Å²) in [6.45, 7) is -3.01. The van der Waals surface area contributed by atoms with Crippen molar-refractivity contribution in [2.24, 2.45) is 0 Å². The van der Waals surface area contributed by atoms with Gasteiger partial charge in [-0.05, 0) is 66.4 Å². The molecule has 1 saturated carbocycles. The van der Waals surface area contributed by atoms with Crippen molar-refractivity contribution in [3.8, 4) is 16.9 Å². The molecule has 2 heterocycles. The Labute approximate surface area is 211 Å². The summed E-state index contributed by atoms with van der Waals surface area (Å²) in [4.78, 5) is 4.90. The van der Waals surface area contributed by atoms with Gasteiger partial charge in [-0.3, -0.25) is 0 Å². The SMILES string of the molecule is O=S(=O)(c1ccc(-c2ccc3nc4n(c3c2)[C@@H](c2cc(Cl)ccc2OC(F)F)C[C@H]4O)cc1)C1CC1. The van der Waals surface area contributed by atoms with Crippen LogP contribution in [-0.4, -0.2) is 34.9 Å². The monoisotopic (exact) mass is 530 g/mol. The molecule has 6 rings (SSSR count). The summed E-state index contributed by atoms with van der Waals surface area (Å²) in [6.07, 6.45) is 0.750. The molecule has 0 bridgehead atoms. The molecule has 2 aliphatic rings. The summed E-state index contributed by atoms with van der Waals surface area (Å²) in [6, 6.07) is 16.3. The smallest absolute Gasteiger partial charge is 0.387 e. The molecule has 1 fully saturated rings. The van der Waals surface area contributed by atoms with Crippen molar-refractivity contribution >= 4 is 32.5 Å². The first-order valence-electron chi connectivity index (χ1n) is 11.5. The van der Waals surface area contributed by atoms with Crippen LogP contribution < -0.4 is 4.74 Å². The Balaban J connectivity index is 1.43. The Morgan fingerprint density at radius 2 is 1.75 bits per heavy atom. The van der Waals surface area contributed by atoms with E-state index in [2.05, 4.69) is 4.98 Å². The molecule has 186 valence electrons. The molecule has 0 amide bonds. The first-order valence-corrected chi connectivity index (χ1v) is 13.4. The lowest BCUT2D eigenvalue weighted by atomic mass is 10.0. The third-order valence-corrected chi connectivity index (χ3v) is 9.31. The first-order chi connectivity index (χ1) is 17.2. The lowest BCUT2D eigenvalue weighted by molar-refractivity contribution is -0.0507. The van der Waals surface area contributed by atoms with Crippen LogP contribution in [0.25, 0.3) is 22.2 Å². The van der Waals surface area contributed by atoms with Gasteiger partial charge in [0.1, 0.15) is 17.7 Å². The molecule has 0 radical (unpaired) electrons. The van der Waals surface area contributed by atoms with Crippen molar-refractivity contribution in [3.63, 3.8) is 0 Å². The van der Waals surface area contributed by atoms with Crippen LogP contribution in [0.1, 0.15) is 42.8 Å². The second kappa shape index (κ2) is 8.54. The number of hydrogen-bond donors (Lipinski definition) is 1. The lowest BCUT2D eigenvalue weighted by Gasteiger charge is -2.19. The topological polar surface area (TPSA) is 81.4 Å². The molecule has 1 aromatic heterocycles. The first kappa shape index (κ1) is 23.4. The van der Waals surface area contributed by atoms with E-state index < -0.39 is 28.6 Å². The maximum atomic E-state index is 13.1. The molecule has 0 spiro atoms. The Morgan fingerprint density at radius 1 is 1.03 bits per heavy atom. The zero-order valence-corrected chi connectivity index (χ0v) is 20.4. The summed E-state index contributed by atoms with van der Waals surface area (Å²) >= 11 is 6.19. The van der Waals surface area contributed by atoms with Gasteiger partial charge in [0.25, 0.3) is 0 Å². The number of rotatable bonds is 6. The fourth-order valence-electron chi connectivity index (χ4n) is 4.93. The van der Waals surface area contributed by atoms with Crippen LogP contribution in [-0.2, 0) is 9.84 Å². The minimum absolute atomic E-state index is 0.00934. The lowest BCUT2D eigenvalue weighted by Crippen LogP contribution is -2.10. The Morgan fingerprint density at radius 3 is 2.44 bits per heavy atom.